The van der Waals surface area contributed by atoms with E-state index < -0.39 is 11.7 Å². The maximum Gasteiger partial charge on any atom is 0.296 e. The minimum absolute atomic E-state index is 0.0363. The number of ketones is 1. The zero-order chi connectivity index (χ0) is 17.9. The number of nitrogens with zero attached hydrogens (tertiary/aromatic N) is 2. The molecule has 1 amide bonds. The van der Waals surface area contributed by atoms with E-state index in [1.807, 2.05) is 30.3 Å². The standard InChI is InChI=1S/C20H17N3O3/c24-18(17-10-5-11-26-17)20(25)23-16-9-4-8-15-14(16)12-21-19(22-15)13-6-2-1-3-7-13/h1-3,5-7,10-12,16H,4,8-9H2,(H,23,25)/t16-/m0/s1. The third kappa shape index (κ3) is 3.13. The number of furan rings is 1. The highest BCUT2D eigenvalue weighted by Crippen LogP contribution is 2.29. The van der Waals surface area contributed by atoms with Gasteiger partial charge in [-0.2, -0.15) is 0 Å². The van der Waals surface area contributed by atoms with E-state index in [0.717, 1.165) is 36.1 Å². The molecule has 0 fully saturated rings. The van der Waals surface area contributed by atoms with Crippen molar-refractivity contribution in [2.45, 2.75) is 25.3 Å². The Morgan fingerprint density at radius 1 is 1.12 bits per heavy atom. The van der Waals surface area contributed by atoms with Gasteiger partial charge in [-0.25, -0.2) is 9.97 Å². The Hall–Kier alpha value is -3.28. The molecule has 1 atom stereocenters. The molecule has 6 nitrogen and oxygen atoms in total. The van der Waals surface area contributed by atoms with Gasteiger partial charge in [0.2, 0.25) is 0 Å². The second kappa shape index (κ2) is 6.92. The zero-order valence-electron chi connectivity index (χ0n) is 14.0. The lowest BCUT2D eigenvalue weighted by molar-refractivity contribution is -0.117. The molecule has 0 bridgehead atoms. The number of aryl methyl sites for hydroxylation is 1. The summed E-state index contributed by atoms with van der Waals surface area (Å²) in [6.45, 7) is 0. The van der Waals surface area contributed by atoms with Crippen molar-refractivity contribution in [1.29, 1.82) is 0 Å². The monoisotopic (exact) mass is 347 g/mol. The minimum atomic E-state index is -0.677. The lowest BCUT2D eigenvalue weighted by atomic mass is 9.92. The van der Waals surface area contributed by atoms with Gasteiger partial charge in [0.05, 0.1) is 12.3 Å². The van der Waals surface area contributed by atoms with Gasteiger partial charge in [-0.1, -0.05) is 30.3 Å². The topological polar surface area (TPSA) is 85.1 Å². The van der Waals surface area contributed by atoms with E-state index in [0.29, 0.717) is 5.82 Å². The van der Waals surface area contributed by atoms with Crippen molar-refractivity contribution >= 4 is 11.7 Å². The third-order valence-electron chi connectivity index (χ3n) is 4.47. The number of hydrogen-bond acceptors (Lipinski definition) is 5. The van der Waals surface area contributed by atoms with Crippen LogP contribution in [0, 0.1) is 0 Å². The molecule has 1 N–H and O–H groups in total. The Bertz CT molecular complexity index is 936. The van der Waals surface area contributed by atoms with Crippen molar-refractivity contribution in [1.82, 2.24) is 15.3 Å². The molecule has 3 aromatic rings. The quantitative estimate of drug-likeness (QED) is 0.579. The number of Topliss-reactive ketones (excluding diaryl/α,β-unsaturated/α-hetero) is 1. The highest BCUT2D eigenvalue weighted by Gasteiger charge is 2.27. The molecule has 130 valence electrons. The van der Waals surface area contributed by atoms with Crippen molar-refractivity contribution in [3.8, 4) is 11.4 Å². The van der Waals surface area contributed by atoms with E-state index in [-0.39, 0.29) is 11.8 Å². The summed E-state index contributed by atoms with van der Waals surface area (Å²) >= 11 is 0. The SMILES string of the molecule is O=C(N[C@H]1CCCc2nc(-c3ccccc3)ncc21)C(=O)c1ccco1. The number of amides is 1. The Balaban J connectivity index is 1.56. The number of carbonyl (C=O) groups is 2. The summed E-state index contributed by atoms with van der Waals surface area (Å²) in [6, 6.07) is 12.6. The van der Waals surface area contributed by atoms with E-state index in [4.69, 9.17) is 4.42 Å². The van der Waals surface area contributed by atoms with E-state index in [9.17, 15) is 9.59 Å². The Kier molecular flexibility index (Phi) is 4.31. The first-order valence-electron chi connectivity index (χ1n) is 8.52. The maximum absolute atomic E-state index is 12.2. The van der Waals surface area contributed by atoms with Gasteiger partial charge in [-0.05, 0) is 31.4 Å². The summed E-state index contributed by atoms with van der Waals surface area (Å²) < 4.78 is 5.00. The van der Waals surface area contributed by atoms with Crippen molar-refractivity contribution in [3.63, 3.8) is 0 Å². The van der Waals surface area contributed by atoms with E-state index in [2.05, 4.69) is 15.3 Å². The lowest BCUT2D eigenvalue weighted by Gasteiger charge is -2.25. The molecule has 6 heteroatoms. The molecular weight excluding hydrogens is 330 g/mol. The first kappa shape index (κ1) is 16.2. The molecule has 4 rings (SSSR count). The van der Waals surface area contributed by atoms with Gasteiger partial charge in [0.15, 0.2) is 11.6 Å². The molecule has 0 spiro atoms. The van der Waals surface area contributed by atoms with E-state index in [1.165, 1.54) is 12.3 Å². The molecule has 0 saturated carbocycles. The van der Waals surface area contributed by atoms with Crippen LogP contribution < -0.4 is 5.32 Å². The molecule has 2 aromatic heterocycles. The van der Waals surface area contributed by atoms with E-state index >= 15 is 0 Å². The smallest absolute Gasteiger partial charge is 0.296 e. The van der Waals surface area contributed by atoms with Crippen LogP contribution in [0.3, 0.4) is 0 Å². The Morgan fingerprint density at radius 3 is 2.73 bits per heavy atom. The summed E-state index contributed by atoms with van der Waals surface area (Å²) in [6.07, 6.45) is 5.59. The first-order valence-corrected chi connectivity index (χ1v) is 8.52. The van der Waals surface area contributed by atoms with Gasteiger partial charge in [0.1, 0.15) is 0 Å². The van der Waals surface area contributed by atoms with Gasteiger partial charge >= 0.3 is 0 Å². The van der Waals surface area contributed by atoms with Gasteiger partial charge in [-0.15, -0.1) is 0 Å². The summed E-state index contributed by atoms with van der Waals surface area (Å²) in [5.41, 5.74) is 2.74. The molecule has 2 heterocycles. The van der Waals surface area contributed by atoms with Crippen LogP contribution in [-0.2, 0) is 11.2 Å². The summed E-state index contributed by atoms with van der Waals surface area (Å²) in [5.74, 6) is -0.647. The summed E-state index contributed by atoms with van der Waals surface area (Å²) in [5, 5.41) is 2.79. The molecular formula is C20H17N3O3. The number of benzene rings is 1. The number of hydrogen-bond donors (Lipinski definition) is 1. The molecule has 0 aliphatic heterocycles. The maximum atomic E-state index is 12.2. The van der Waals surface area contributed by atoms with Crippen molar-refractivity contribution in [3.05, 3.63) is 71.9 Å². The fourth-order valence-electron chi connectivity index (χ4n) is 3.17. The number of nitrogens with one attached hydrogen (secondary N) is 1. The van der Waals surface area contributed by atoms with Crippen LogP contribution in [-0.4, -0.2) is 21.7 Å². The molecule has 0 saturated heterocycles. The lowest BCUT2D eigenvalue weighted by Crippen LogP contribution is -2.36. The predicted octanol–water partition coefficient (Wildman–Crippen LogP) is 3.11. The van der Waals surface area contributed by atoms with Crippen LogP contribution >= 0.6 is 0 Å². The Labute approximate surface area is 150 Å². The average molecular weight is 347 g/mol. The van der Waals surface area contributed by atoms with Gasteiger partial charge < -0.3 is 9.73 Å². The normalized spacial score (nSPS) is 15.9. The second-order valence-electron chi connectivity index (χ2n) is 6.19. The number of fused-ring (bicyclic) bond motifs is 1. The van der Waals surface area contributed by atoms with E-state index in [1.54, 1.807) is 12.3 Å². The van der Waals surface area contributed by atoms with Gasteiger partial charge in [0.25, 0.3) is 11.7 Å². The largest absolute Gasteiger partial charge is 0.461 e. The van der Waals surface area contributed by atoms with Crippen molar-refractivity contribution < 1.29 is 14.0 Å². The first-order chi connectivity index (χ1) is 12.7. The van der Waals surface area contributed by atoms with Crippen LogP contribution in [0.5, 0.6) is 0 Å². The van der Waals surface area contributed by atoms with Crippen LogP contribution in [0.25, 0.3) is 11.4 Å². The summed E-state index contributed by atoms with van der Waals surface area (Å²) in [7, 11) is 0. The van der Waals surface area contributed by atoms with Crippen molar-refractivity contribution in [2.75, 3.05) is 0 Å². The van der Waals surface area contributed by atoms with Gasteiger partial charge in [0, 0.05) is 23.0 Å². The average Bonchev–Trinajstić information content (AvgIpc) is 3.22. The number of carbonyl (C=O) groups excluding carboxylic acids is 2. The molecule has 1 aliphatic carbocycles. The van der Waals surface area contributed by atoms with Crippen LogP contribution in [0.4, 0.5) is 0 Å². The Morgan fingerprint density at radius 2 is 1.96 bits per heavy atom. The molecule has 1 aromatic carbocycles. The van der Waals surface area contributed by atoms with Crippen LogP contribution in [0.15, 0.2) is 59.3 Å². The fraction of sp³-hybridized carbons (Fsp3) is 0.200. The minimum Gasteiger partial charge on any atom is -0.461 e. The third-order valence-corrected chi connectivity index (χ3v) is 4.47. The predicted molar refractivity (Wildman–Crippen MR) is 94.3 cm³/mol. The molecule has 26 heavy (non-hydrogen) atoms. The van der Waals surface area contributed by atoms with Crippen molar-refractivity contribution in [2.24, 2.45) is 0 Å². The van der Waals surface area contributed by atoms with Gasteiger partial charge in [-0.3, -0.25) is 9.59 Å². The van der Waals surface area contributed by atoms with Crippen LogP contribution in [0.2, 0.25) is 0 Å². The summed E-state index contributed by atoms with van der Waals surface area (Å²) in [4.78, 5) is 33.5. The second-order valence-corrected chi connectivity index (χ2v) is 6.19. The van der Waals surface area contributed by atoms with Crippen LogP contribution in [0.1, 0.15) is 40.7 Å². The highest BCUT2D eigenvalue weighted by molar-refractivity contribution is 6.42. The molecule has 1 aliphatic rings. The zero-order valence-corrected chi connectivity index (χ0v) is 14.0. The number of aromatic nitrogens is 2. The molecule has 0 radical (unpaired) electrons. The number of rotatable bonds is 4. The molecule has 0 unspecified atom stereocenters. The fourth-order valence-corrected chi connectivity index (χ4v) is 3.17. The highest BCUT2D eigenvalue weighted by atomic mass is 16.3.